The van der Waals surface area contributed by atoms with Crippen LogP contribution in [0, 0.1) is 20.8 Å². The van der Waals surface area contributed by atoms with Crippen LogP contribution in [-0.2, 0) is 6.54 Å². The molecule has 0 spiro atoms. The van der Waals surface area contributed by atoms with Gasteiger partial charge in [0.15, 0.2) is 0 Å². The summed E-state index contributed by atoms with van der Waals surface area (Å²) in [5.74, 6) is -1.96. The van der Waals surface area contributed by atoms with Gasteiger partial charge in [-0.05, 0) is 49.6 Å². The molecule has 3 rings (SSSR count). The molecule has 0 aliphatic rings. The van der Waals surface area contributed by atoms with Crippen LogP contribution in [0.3, 0.4) is 0 Å². The van der Waals surface area contributed by atoms with E-state index in [2.05, 4.69) is 5.32 Å². The zero-order chi connectivity index (χ0) is 22.6. The molecule has 0 bridgehead atoms. The topological polar surface area (TPSA) is 42.2 Å². The van der Waals surface area contributed by atoms with Crippen LogP contribution < -0.4 is 5.32 Å². The van der Waals surface area contributed by atoms with E-state index in [1.54, 1.807) is 63.4 Å². The van der Waals surface area contributed by atoms with Crippen LogP contribution >= 0.6 is 0 Å². The maximum absolute atomic E-state index is 13.7. The lowest BCUT2D eigenvalue weighted by molar-refractivity contribution is -0.139. The van der Waals surface area contributed by atoms with Crippen molar-refractivity contribution >= 4 is 12.0 Å². The number of aryl methyl sites for hydroxylation is 3. The van der Waals surface area contributed by atoms with Gasteiger partial charge in [-0.1, -0.05) is 53.6 Å². The molecule has 3 nitrogen and oxygen atoms in total. The third-order valence-corrected chi connectivity index (χ3v) is 4.97. The quantitative estimate of drug-likeness (QED) is 0.488. The van der Waals surface area contributed by atoms with E-state index in [1.165, 1.54) is 18.4 Å². The average molecular weight is 427 g/mol. The number of rotatable bonds is 6. The minimum atomic E-state index is -4.40. The molecule has 1 heterocycles. The van der Waals surface area contributed by atoms with Crippen LogP contribution in [-0.4, -0.2) is 12.1 Å². The minimum Gasteiger partial charge on any atom is -0.472 e. The first-order valence-electron chi connectivity index (χ1n) is 9.86. The van der Waals surface area contributed by atoms with Crippen molar-refractivity contribution < 1.29 is 22.4 Å². The zero-order valence-electron chi connectivity index (χ0n) is 17.6. The number of furan rings is 1. The molecule has 1 aromatic heterocycles. The molecule has 0 saturated heterocycles. The zero-order valence-corrected chi connectivity index (χ0v) is 17.6. The Bertz CT molecular complexity index is 1060. The summed E-state index contributed by atoms with van der Waals surface area (Å²) in [6.45, 7) is 5.66. The highest BCUT2D eigenvalue weighted by Crippen LogP contribution is 2.37. The van der Waals surface area contributed by atoms with Crippen LogP contribution in [0.15, 0.2) is 65.5 Å². The molecular formula is C25H24F3NO2. The van der Waals surface area contributed by atoms with E-state index in [9.17, 15) is 18.0 Å². The van der Waals surface area contributed by atoms with Gasteiger partial charge in [0.2, 0.25) is 0 Å². The van der Waals surface area contributed by atoms with E-state index >= 15 is 0 Å². The lowest BCUT2D eigenvalue weighted by Gasteiger charge is -2.18. The van der Waals surface area contributed by atoms with Crippen molar-refractivity contribution in [2.75, 3.05) is 0 Å². The molecule has 31 heavy (non-hydrogen) atoms. The molecule has 0 aliphatic carbocycles. The maximum Gasteiger partial charge on any atom is 0.399 e. The fraction of sp³-hybridized carbons (Fsp3) is 0.240. The second-order valence-electron chi connectivity index (χ2n) is 7.69. The molecular weight excluding hydrogens is 403 g/mol. The molecule has 2 aromatic carbocycles. The fourth-order valence-corrected chi connectivity index (χ4v) is 3.52. The predicted octanol–water partition coefficient (Wildman–Crippen LogP) is 6.49. The second-order valence-corrected chi connectivity index (χ2v) is 7.69. The number of nitrogens with one attached hydrogen (secondary N) is 1. The summed E-state index contributed by atoms with van der Waals surface area (Å²) in [6, 6.07) is 11.7. The summed E-state index contributed by atoms with van der Waals surface area (Å²) in [5.41, 5.74) is 4.40. The average Bonchev–Trinajstić information content (AvgIpc) is 3.18. The molecule has 0 aliphatic heterocycles. The number of halogens is 3. The van der Waals surface area contributed by atoms with Gasteiger partial charge in [-0.15, -0.1) is 0 Å². The van der Waals surface area contributed by atoms with E-state index in [1.807, 2.05) is 6.07 Å². The SMILES string of the molecule is Cc1cc(C)cc(C(/C=C/c2ccc(C(=O)NCc3ccoc3)c(C)c2)C(F)(F)F)c1. The summed E-state index contributed by atoms with van der Waals surface area (Å²) in [7, 11) is 0. The van der Waals surface area contributed by atoms with Gasteiger partial charge in [0.1, 0.15) is 0 Å². The Labute approximate surface area is 179 Å². The third kappa shape index (κ3) is 5.87. The van der Waals surface area contributed by atoms with Crippen LogP contribution in [0.4, 0.5) is 13.2 Å². The van der Waals surface area contributed by atoms with Gasteiger partial charge in [0.25, 0.3) is 5.91 Å². The molecule has 3 aromatic rings. The van der Waals surface area contributed by atoms with Crippen molar-refractivity contribution in [1.82, 2.24) is 5.32 Å². The highest BCUT2D eigenvalue weighted by Gasteiger charge is 2.39. The number of carbonyl (C=O) groups is 1. The van der Waals surface area contributed by atoms with Crippen molar-refractivity contribution in [2.45, 2.75) is 39.4 Å². The van der Waals surface area contributed by atoms with E-state index in [0.29, 0.717) is 23.2 Å². The lowest BCUT2D eigenvalue weighted by atomic mass is 9.93. The highest BCUT2D eigenvalue weighted by atomic mass is 19.4. The Morgan fingerprint density at radius 2 is 1.77 bits per heavy atom. The number of carbonyl (C=O) groups excluding carboxylic acids is 1. The summed E-state index contributed by atoms with van der Waals surface area (Å²) in [4.78, 5) is 12.4. The summed E-state index contributed by atoms with van der Waals surface area (Å²) in [6.07, 6.45) is 1.30. The molecule has 1 N–H and O–H groups in total. The van der Waals surface area contributed by atoms with Crippen molar-refractivity contribution in [2.24, 2.45) is 0 Å². The Kier molecular flexibility index (Phi) is 6.68. The predicted molar refractivity (Wildman–Crippen MR) is 115 cm³/mol. The molecule has 162 valence electrons. The van der Waals surface area contributed by atoms with Gasteiger partial charge in [0.05, 0.1) is 18.4 Å². The number of allylic oxidation sites excluding steroid dienone is 1. The summed E-state index contributed by atoms with van der Waals surface area (Å²) < 4.78 is 46.1. The number of benzene rings is 2. The largest absolute Gasteiger partial charge is 0.472 e. The molecule has 1 atom stereocenters. The van der Waals surface area contributed by atoms with Crippen molar-refractivity contribution in [3.8, 4) is 0 Å². The molecule has 6 heteroatoms. The van der Waals surface area contributed by atoms with Gasteiger partial charge < -0.3 is 9.73 Å². The van der Waals surface area contributed by atoms with E-state index < -0.39 is 12.1 Å². The minimum absolute atomic E-state index is 0.216. The highest BCUT2D eigenvalue weighted by molar-refractivity contribution is 5.95. The van der Waals surface area contributed by atoms with Crippen LogP contribution in [0.25, 0.3) is 6.08 Å². The number of hydrogen-bond acceptors (Lipinski definition) is 2. The molecule has 0 saturated carbocycles. The van der Waals surface area contributed by atoms with Crippen LogP contribution in [0.1, 0.15) is 49.7 Å². The monoisotopic (exact) mass is 427 g/mol. The molecule has 0 fully saturated rings. The van der Waals surface area contributed by atoms with Gasteiger partial charge >= 0.3 is 6.18 Å². The van der Waals surface area contributed by atoms with Gasteiger partial charge in [0, 0.05) is 17.7 Å². The van der Waals surface area contributed by atoms with Crippen LogP contribution in [0.5, 0.6) is 0 Å². The smallest absolute Gasteiger partial charge is 0.399 e. The molecule has 1 amide bonds. The first-order chi connectivity index (χ1) is 14.6. The van der Waals surface area contributed by atoms with Gasteiger partial charge in [-0.25, -0.2) is 0 Å². The first-order valence-corrected chi connectivity index (χ1v) is 9.86. The second kappa shape index (κ2) is 9.25. The van der Waals surface area contributed by atoms with Gasteiger partial charge in [-0.3, -0.25) is 4.79 Å². The van der Waals surface area contributed by atoms with Gasteiger partial charge in [-0.2, -0.15) is 13.2 Å². The lowest BCUT2D eigenvalue weighted by Crippen LogP contribution is -2.23. The third-order valence-electron chi connectivity index (χ3n) is 4.97. The van der Waals surface area contributed by atoms with Crippen molar-refractivity contribution in [3.05, 3.63) is 100 Å². The Balaban J connectivity index is 1.78. The molecule has 1 unspecified atom stereocenters. The fourth-order valence-electron chi connectivity index (χ4n) is 3.52. The Morgan fingerprint density at radius 1 is 1.06 bits per heavy atom. The van der Waals surface area contributed by atoms with Crippen molar-refractivity contribution in [3.63, 3.8) is 0 Å². The summed E-state index contributed by atoms with van der Waals surface area (Å²) in [5, 5.41) is 2.80. The Morgan fingerprint density at radius 3 is 2.35 bits per heavy atom. The number of amides is 1. The summed E-state index contributed by atoms with van der Waals surface area (Å²) >= 11 is 0. The normalized spacial score (nSPS) is 12.8. The van der Waals surface area contributed by atoms with E-state index in [4.69, 9.17) is 4.42 Å². The Hall–Kier alpha value is -3.28. The molecule has 0 radical (unpaired) electrons. The van der Waals surface area contributed by atoms with Crippen molar-refractivity contribution in [1.29, 1.82) is 0 Å². The van der Waals surface area contributed by atoms with E-state index in [0.717, 1.165) is 16.7 Å². The van der Waals surface area contributed by atoms with E-state index in [-0.39, 0.29) is 11.5 Å². The number of alkyl halides is 3. The first kappa shape index (κ1) is 22.4. The maximum atomic E-state index is 13.7. The number of hydrogen-bond donors (Lipinski definition) is 1. The standard InChI is InChI=1S/C25H24F3NO2/c1-16-10-17(2)12-21(11-16)23(25(26,27)28)7-5-19-4-6-22(18(3)13-19)24(30)29-14-20-8-9-31-15-20/h4-13,15,23H,14H2,1-3H3,(H,29,30)/b7-5+. The van der Waals surface area contributed by atoms with Crippen LogP contribution in [0.2, 0.25) is 0 Å².